The molecule has 7 aromatic carbocycles. The van der Waals surface area contributed by atoms with Crippen LogP contribution in [0.3, 0.4) is 0 Å². The number of hydrogen-bond donors (Lipinski definition) is 1. The second-order valence-corrected chi connectivity index (χ2v) is 16.6. The molecule has 0 amide bonds. The number of nitrogens with one attached hydrogen (secondary N) is 1. The molecule has 1 aliphatic carbocycles. The second kappa shape index (κ2) is 19.9. The molecule has 0 aromatic heterocycles. The van der Waals surface area contributed by atoms with E-state index in [-0.39, 0.29) is 0 Å². The summed E-state index contributed by atoms with van der Waals surface area (Å²) in [6.45, 7) is 0. The third-order valence-corrected chi connectivity index (χ3v) is 12.9. The Morgan fingerprint density at radius 3 is 0.849 bits per heavy atom. The number of allylic oxidation sites excluding steroid dienone is 4. The molecule has 1 nitrogen and oxygen atoms in total. The van der Waals surface area contributed by atoms with E-state index in [9.17, 15) is 0 Å². The number of alkyl halides is 1. The van der Waals surface area contributed by atoms with E-state index in [1.165, 1.54) is 10.6 Å². The first kappa shape index (κ1) is 53.4. The van der Waals surface area contributed by atoms with Gasteiger partial charge in [0.2, 0.25) is 0 Å². The average Bonchev–Trinajstić information content (AvgIpc) is 3.40. The molecule has 0 aliphatic heterocycles. The Morgan fingerprint density at radius 1 is 0.356 bits per heavy atom. The van der Waals surface area contributed by atoms with Crippen LogP contribution in [0.5, 0.6) is 0 Å². The molecule has 1 aliphatic rings. The van der Waals surface area contributed by atoms with Gasteiger partial charge in [0.15, 0.2) is 69.8 Å². The first-order valence-electron chi connectivity index (χ1n) is 20.9. The van der Waals surface area contributed by atoms with Crippen LogP contribution < -0.4 is 21.3 Å². The van der Waals surface area contributed by atoms with Crippen LogP contribution in [-0.2, 0) is 5.41 Å². The molecule has 0 fully saturated rings. The minimum Gasteiger partial charge on any atom is -0.307 e. The van der Waals surface area contributed by atoms with Gasteiger partial charge in [0.25, 0.3) is 0 Å². The maximum Gasteiger partial charge on any atom is 0.200 e. The lowest BCUT2D eigenvalue weighted by atomic mass is 9.01. The van der Waals surface area contributed by atoms with Crippen LogP contribution >= 0.6 is 0 Å². The Labute approximate surface area is 399 Å². The Hall–Kier alpha value is -7.36. The summed E-state index contributed by atoms with van der Waals surface area (Å²) in [5, 5.41) is -5.80. The Bertz CT molecular complexity index is 2980. The van der Waals surface area contributed by atoms with Gasteiger partial charge in [0, 0.05) is 5.41 Å². The van der Waals surface area contributed by atoms with E-state index in [0.29, 0.717) is 36.4 Å². The molecule has 2 unspecified atom stereocenters. The molecule has 2 atom stereocenters. The van der Waals surface area contributed by atoms with Gasteiger partial charge >= 0.3 is 0 Å². The van der Waals surface area contributed by atoms with Gasteiger partial charge in [0.05, 0.1) is 14.1 Å². The molecular formula is C51H28BF20N. The van der Waals surface area contributed by atoms with Crippen molar-refractivity contribution >= 4 is 28.2 Å². The number of benzene rings is 7. The number of quaternary nitrogens is 1. The van der Waals surface area contributed by atoms with Crippen molar-refractivity contribution in [3.8, 4) is 0 Å². The summed E-state index contributed by atoms with van der Waals surface area (Å²) in [7, 11) is 4.24. The lowest BCUT2D eigenvalue weighted by Crippen LogP contribution is -3.00. The van der Waals surface area contributed by atoms with Gasteiger partial charge in [-0.2, -0.15) is 0 Å². The van der Waals surface area contributed by atoms with Crippen LogP contribution in [0.15, 0.2) is 145 Å². The van der Waals surface area contributed by atoms with E-state index in [2.05, 4.69) is 38.4 Å². The van der Waals surface area contributed by atoms with Gasteiger partial charge in [-0.25, -0.2) is 87.8 Å². The molecule has 0 saturated heterocycles. The normalized spacial score (nSPS) is 16.3. The molecule has 0 heterocycles. The number of halogens is 20. The number of rotatable bonds is 9. The SMILES string of the molecule is C[NH+](C)c1ccccc1.FC1=C(F)C(F)C([B-](c2c(F)c(F)c(F)c(F)c2F)(c2c(F)c(F)c(F)c(F)c2F)c2c(F)c(F)c(F)c(F)c2F)(C(c2ccccc2)(c2ccccc2)c2ccccc2)C(F)=C1F. The lowest BCUT2D eigenvalue weighted by Gasteiger charge is -2.67. The largest absolute Gasteiger partial charge is 0.307 e. The fraction of sp³-hybridized carbons (Fsp3) is 0.0980. The molecular weight excluding hydrogens is 1020 g/mol. The predicted octanol–water partition coefficient (Wildman–Crippen LogP) is 12.1. The fourth-order valence-corrected chi connectivity index (χ4v) is 10.1. The minimum absolute atomic E-state index is 0.614. The van der Waals surface area contributed by atoms with Gasteiger partial charge in [-0.1, -0.05) is 109 Å². The summed E-state index contributed by atoms with van der Waals surface area (Å²) in [6.07, 6.45) is -12.8. The third kappa shape index (κ3) is 7.60. The van der Waals surface area contributed by atoms with E-state index in [1.54, 1.807) is 0 Å². The van der Waals surface area contributed by atoms with Crippen molar-refractivity contribution < 1.29 is 92.7 Å². The van der Waals surface area contributed by atoms with E-state index >= 15 is 87.8 Å². The Morgan fingerprint density at radius 2 is 0.603 bits per heavy atom. The summed E-state index contributed by atoms with van der Waals surface area (Å²) in [6, 6.07) is 22.2. The van der Waals surface area contributed by atoms with Crippen molar-refractivity contribution in [1.82, 2.24) is 0 Å². The standard InChI is InChI=1S/C43H16BF20.C8H11N/c45-22-19(23(46)29(52)34(57)28(22)51)44(20-24(47)30(53)35(58)31(54)25(20)48,21-26(49)32(55)36(59)33(56)27(21)50)43(40(63)38(61)37(60)39(62)41(43)64)42(16-10-4-1-5-11-16,17-12-6-2-7-13-17)18-14-8-3-9-15-18;1-9(2)8-6-4-3-5-7-8/h1-15,40H;3-7H,1-2H3/q-1;/p+1. The predicted molar refractivity (Wildman–Crippen MR) is 228 cm³/mol. The smallest absolute Gasteiger partial charge is 0.200 e. The first-order valence-corrected chi connectivity index (χ1v) is 20.9. The van der Waals surface area contributed by atoms with Crippen LogP contribution in [0.25, 0.3) is 0 Å². The van der Waals surface area contributed by atoms with Crippen molar-refractivity contribution in [2.75, 3.05) is 14.1 Å². The highest BCUT2D eigenvalue weighted by molar-refractivity contribution is 7.14. The van der Waals surface area contributed by atoms with Crippen molar-refractivity contribution in [2.45, 2.75) is 16.9 Å². The molecule has 1 N–H and O–H groups in total. The van der Waals surface area contributed by atoms with Gasteiger partial charge in [-0.15, -0.1) is 16.4 Å². The van der Waals surface area contributed by atoms with E-state index < -0.39 is 167 Å². The fourth-order valence-electron chi connectivity index (χ4n) is 10.1. The molecule has 22 heteroatoms. The third-order valence-electron chi connectivity index (χ3n) is 12.9. The average molecular weight is 1050 g/mol. The molecule has 0 radical (unpaired) electrons. The highest BCUT2D eigenvalue weighted by atomic mass is 19.2. The maximum absolute atomic E-state index is 18.7. The van der Waals surface area contributed by atoms with Crippen LogP contribution in [0, 0.1) is 87.3 Å². The zero-order chi connectivity index (χ0) is 53.8. The van der Waals surface area contributed by atoms with E-state index in [4.69, 9.17) is 0 Å². The molecule has 0 spiro atoms. The van der Waals surface area contributed by atoms with Gasteiger partial charge in [0.1, 0.15) is 58.7 Å². The van der Waals surface area contributed by atoms with Crippen molar-refractivity contribution in [3.63, 3.8) is 0 Å². The first-order chi connectivity index (χ1) is 34.4. The van der Waals surface area contributed by atoms with Crippen LogP contribution in [0.4, 0.5) is 93.5 Å². The summed E-state index contributed by atoms with van der Waals surface area (Å²) in [5.74, 6) is -68.1. The molecule has 8 rings (SSSR count). The zero-order valence-electron chi connectivity index (χ0n) is 36.8. The summed E-state index contributed by atoms with van der Waals surface area (Å²) < 4.78 is 330. The molecule has 7 aromatic rings. The maximum atomic E-state index is 18.7. The molecule has 0 saturated carbocycles. The molecule has 0 bridgehead atoms. The van der Waals surface area contributed by atoms with Crippen LogP contribution in [0.1, 0.15) is 16.7 Å². The number of para-hydroxylation sites is 1. The second-order valence-electron chi connectivity index (χ2n) is 16.6. The van der Waals surface area contributed by atoms with Gasteiger partial charge in [-0.3, -0.25) is 0 Å². The van der Waals surface area contributed by atoms with Crippen molar-refractivity contribution in [1.29, 1.82) is 0 Å². The van der Waals surface area contributed by atoms with E-state index in [1.807, 2.05) is 6.07 Å². The Kier molecular flexibility index (Phi) is 14.6. The monoisotopic (exact) mass is 1050 g/mol. The van der Waals surface area contributed by atoms with E-state index in [0.717, 1.165) is 54.6 Å². The van der Waals surface area contributed by atoms with Crippen LogP contribution in [0.2, 0.25) is 5.31 Å². The highest BCUT2D eigenvalue weighted by Gasteiger charge is 2.74. The summed E-state index contributed by atoms with van der Waals surface area (Å²) >= 11 is 0. The Balaban J connectivity index is 0.000000782. The summed E-state index contributed by atoms with van der Waals surface area (Å²) in [4.78, 5) is 1.37. The summed E-state index contributed by atoms with van der Waals surface area (Å²) in [5.41, 5.74) is -17.0. The van der Waals surface area contributed by atoms with Crippen molar-refractivity contribution in [3.05, 3.63) is 249 Å². The quantitative estimate of drug-likeness (QED) is 0.0483. The lowest BCUT2D eigenvalue weighted by molar-refractivity contribution is -0.786. The topological polar surface area (TPSA) is 4.44 Å². The molecule has 380 valence electrons. The van der Waals surface area contributed by atoms with Gasteiger partial charge in [-0.05, 0) is 34.1 Å². The van der Waals surface area contributed by atoms with Crippen LogP contribution in [-0.4, -0.2) is 26.4 Å². The number of hydrogen-bond acceptors (Lipinski definition) is 0. The van der Waals surface area contributed by atoms with Gasteiger partial charge < -0.3 is 4.90 Å². The minimum atomic E-state index is -7.70. The zero-order valence-corrected chi connectivity index (χ0v) is 36.8. The van der Waals surface area contributed by atoms with Crippen molar-refractivity contribution in [2.24, 2.45) is 0 Å². The highest BCUT2D eigenvalue weighted by Crippen LogP contribution is 2.71. The molecule has 73 heavy (non-hydrogen) atoms.